The molecule has 0 spiro atoms. The predicted molar refractivity (Wildman–Crippen MR) is 90.5 cm³/mol. The van der Waals surface area contributed by atoms with Crippen LogP contribution in [-0.4, -0.2) is 19.0 Å². The van der Waals surface area contributed by atoms with Crippen LogP contribution in [0.2, 0.25) is 0 Å². The first kappa shape index (κ1) is 15.7. The maximum absolute atomic E-state index is 11.8. The molecular weight excluding hydrogens is 328 g/mol. The first-order valence-corrected chi connectivity index (χ1v) is 7.74. The highest BCUT2D eigenvalue weighted by Crippen LogP contribution is 2.13. The molecule has 0 saturated carbocycles. The lowest BCUT2D eigenvalue weighted by Gasteiger charge is -2.07. The molecule has 4 heteroatoms. The highest BCUT2D eigenvalue weighted by Gasteiger charge is 2.01. The maximum Gasteiger partial charge on any atom is 0.238 e. The summed E-state index contributed by atoms with van der Waals surface area (Å²) in [4.78, 5) is 11.8. The molecule has 110 valence electrons. The Kier molecular flexibility index (Phi) is 5.96. The smallest absolute Gasteiger partial charge is 0.238 e. The molecule has 2 rings (SSSR count). The molecule has 2 aromatic carbocycles. The van der Waals surface area contributed by atoms with Crippen molar-refractivity contribution in [2.45, 2.75) is 13.3 Å². The van der Waals surface area contributed by atoms with Gasteiger partial charge in [0.25, 0.3) is 0 Å². The molecule has 1 amide bonds. The van der Waals surface area contributed by atoms with Gasteiger partial charge >= 0.3 is 0 Å². The largest absolute Gasteiger partial charge is 0.325 e. The van der Waals surface area contributed by atoms with E-state index in [2.05, 4.69) is 57.8 Å². The number of halogens is 1. The molecule has 0 radical (unpaired) electrons. The fraction of sp³-hybridized carbons (Fsp3) is 0.235. The van der Waals surface area contributed by atoms with Crippen LogP contribution in [-0.2, 0) is 11.2 Å². The fourth-order valence-corrected chi connectivity index (χ4v) is 2.31. The van der Waals surface area contributed by atoms with Crippen LogP contribution in [0.4, 0.5) is 5.69 Å². The van der Waals surface area contributed by atoms with Gasteiger partial charge in [0.2, 0.25) is 5.91 Å². The Balaban J connectivity index is 1.68. The van der Waals surface area contributed by atoms with Gasteiger partial charge in [-0.15, -0.1) is 0 Å². The van der Waals surface area contributed by atoms with E-state index in [0.717, 1.165) is 23.1 Å². The van der Waals surface area contributed by atoms with E-state index in [1.807, 2.05) is 24.3 Å². The number of anilines is 1. The summed E-state index contributed by atoms with van der Waals surface area (Å²) in [5.41, 5.74) is 3.36. The molecular formula is C17H19BrN2O. The lowest BCUT2D eigenvalue weighted by atomic mass is 10.1. The van der Waals surface area contributed by atoms with E-state index in [0.29, 0.717) is 6.54 Å². The van der Waals surface area contributed by atoms with Crippen LogP contribution in [0.1, 0.15) is 11.1 Å². The molecule has 0 aliphatic heterocycles. The summed E-state index contributed by atoms with van der Waals surface area (Å²) in [6, 6.07) is 16.0. The molecule has 0 aromatic heterocycles. The van der Waals surface area contributed by atoms with E-state index in [9.17, 15) is 4.79 Å². The summed E-state index contributed by atoms with van der Waals surface area (Å²) < 4.78 is 0.997. The van der Waals surface area contributed by atoms with Crippen molar-refractivity contribution in [2.75, 3.05) is 18.4 Å². The molecule has 0 unspecified atom stereocenters. The number of amides is 1. The molecule has 0 bridgehead atoms. The van der Waals surface area contributed by atoms with Crippen LogP contribution in [0.15, 0.2) is 53.0 Å². The van der Waals surface area contributed by atoms with Crippen molar-refractivity contribution in [1.82, 2.24) is 5.32 Å². The molecule has 2 aromatic rings. The zero-order valence-electron chi connectivity index (χ0n) is 12.0. The standard InChI is InChI=1S/C17H19BrN2O/c1-13-3-2-4-14(11-13)9-10-19-12-17(21)20-16-7-5-15(18)6-8-16/h2-8,11,19H,9-10,12H2,1H3,(H,20,21). The van der Waals surface area contributed by atoms with Crippen molar-refractivity contribution < 1.29 is 4.79 Å². The zero-order valence-corrected chi connectivity index (χ0v) is 13.6. The number of aryl methyl sites for hydroxylation is 1. The van der Waals surface area contributed by atoms with E-state index in [1.165, 1.54) is 11.1 Å². The van der Waals surface area contributed by atoms with Gasteiger partial charge in [0, 0.05) is 10.2 Å². The summed E-state index contributed by atoms with van der Waals surface area (Å²) in [6.45, 7) is 3.20. The quantitative estimate of drug-likeness (QED) is 0.785. The normalized spacial score (nSPS) is 10.4. The third-order valence-electron chi connectivity index (χ3n) is 3.09. The fourth-order valence-electron chi connectivity index (χ4n) is 2.04. The van der Waals surface area contributed by atoms with Gasteiger partial charge in [-0.25, -0.2) is 0 Å². The number of hydrogen-bond acceptors (Lipinski definition) is 2. The average Bonchev–Trinajstić information content (AvgIpc) is 2.46. The minimum atomic E-state index is -0.0263. The number of carbonyl (C=O) groups is 1. The van der Waals surface area contributed by atoms with Crippen molar-refractivity contribution in [3.05, 3.63) is 64.1 Å². The van der Waals surface area contributed by atoms with E-state index in [4.69, 9.17) is 0 Å². The van der Waals surface area contributed by atoms with Crippen LogP contribution in [0.5, 0.6) is 0 Å². The molecule has 2 N–H and O–H groups in total. The Labute approximate surface area is 133 Å². The van der Waals surface area contributed by atoms with Crippen LogP contribution in [0, 0.1) is 6.92 Å². The van der Waals surface area contributed by atoms with Gasteiger partial charge in [0.05, 0.1) is 6.54 Å². The Bertz CT molecular complexity index is 596. The summed E-state index contributed by atoms with van der Waals surface area (Å²) in [5.74, 6) is -0.0263. The molecule has 0 atom stereocenters. The van der Waals surface area contributed by atoms with E-state index < -0.39 is 0 Å². The number of carbonyl (C=O) groups excluding carboxylic acids is 1. The highest BCUT2D eigenvalue weighted by atomic mass is 79.9. The second kappa shape index (κ2) is 7.96. The monoisotopic (exact) mass is 346 g/mol. The lowest BCUT2D eigenvalue weighted by molar-refractivity contribution is -0.115. The first-order valence-electron chi connectivity index (χ1n) is 6.95. The summed E-state index contributed by atoms with van der Waals surface area (Å²) in [5, 5.41) is 6.02. The third-order valence-corrected chi connectivity index (χ3v) is 3.62. The SMILES string of the molecule is Cc1cccc(CCNCC(=O)Nc2ccc(Br)cc2)c1. The van der Waals surface area contributed by atoms with E-state index in [1.54, 1.807) is 0 Å². The number of benzene rings is 2. The van der Waals surface area contributed by atoms with Gasteiger partial charge in [0.15, 0.2) is 0 Å². The van der Waals surface area contributed by atoms with Crippen LogP contribution >= 0.6 is 15.9 Å². The molecule has 0 saturated heterocycles. The van der Waals surface area contributed by atoms with Gasteiger partial charge in [-0.2, -0.15) is 0 Å². The maximum atomic E-state index is 11.8. The predicted octanol–water partition coefficient (Wildman–Crippen LogP) is 3.53. The van der Waals surface area contributed by atoms with Crippen molar-refractivity contribution in [3.8, 4) is 0 Å². The van der Waals surface area contributed by atoms with Crippen LogP contribution < -0.4 is 10.6 Å². The Morgan fingerprint density at radius 1 is 1.14 bits per heavy atom. The summed E-state index contributed by atoms with van der Waals surface area (Å²) in [7, 11) is 0. The molecule has 0 aliphatic rings. The Morgan fingerprint density at radius 3 is 2.62 bits per heavy atom. The van der Waals surface area contributed by atoms with Crippen molar-refractivity contribution >= 4 is 27.5 Å². The second-order valence-electron chi connectivity index (χ2n) is 4.97. The van der Waals surface area contributed by atoms with Crippen LogP contribution in [0.3, 0.4) is 0 Å². The van der Waals surface area contributed by atoms with E-state index in [-0.39, 0.29) is 5.91 Å². The number of nitrogens with one attached hydrogen (secondary N) is 2. The first-order chi connectivity index (χ1) is 10.1. The molecule has 21 heavy (non-hydrogen) atoms. The highest BCUT2D eigenvalue weighted by molar-refractivity contribution is 9.10. The molecule has 0 heterocycles. The lowest BCUT2D eigenvalue weighted by Crippen LogP contribution is -2.29. The van der Waals surface area contributed by atoms with Crippen molar-refractivity contribution in [2.24, 2.45) is 0 Å². The van der Waals surface area contributed by atoms with Gasteiger partial charge < -0.3 is 10.6 Å². The summed E-state index contributed by atoms with van der Waals surface area (Å²) in [6.07, 6.45) is 0.924. The molecule has 3 nitrogen and oxygen atoms in total. The summed E-state index contributed by atoms with van der Waals surface area (Å²) >= 11 is 3.37. The average molecular weight is 347 g/mol. The van der Waals surface area contributed by atoms with Gasteiger partial charge in [0.1, 0.15) is 0 Å². The Morgan fingerprint density at radius 2 is 1.90 bits per heavy atom. The molecule has 0 aliphatic carbocycles. The van der Waals surface area contributed by atoms with Gasteiger partial charge in [-0.05, 0) is 49.7 Å². The minimum Gasteiger partial charge on any atom is -0.325 e. The topological polar surface area (TPSA) is 41.1 Å². The van der Waals surface area contributed by atoms with Gasteiger partial charge in [-0.1, -0.05) is 45.8 Å². The number of hydrogen-bond donors (Lipinski definition) is 2. The van der Waals surface area contributed by atoms with Crippen LogP contribution in [0.25, 0.3) is 0 Å². The van der Waals surface area contributed by atoms with Gasteiger partial charge in [-0.3, -0.25) is 4.79 Å². The molecule has 0 fully saturated rings. The van der Waals surface area contributed by atoms with Crippen molar-refractivity contribution in [3.63, 3.8) is 0 Å². The zero-order chi connectivity index (χ0) is 15.1. The second-order valence-corrected chi connectivity index (χ2v) is 5.89. The number of rotatable bonds is 6. The Hall–Kier alpha value is -1.65. The van der Waals surface area contributed by atoms with Crippen molar-refractivity contribution in [1.29, 1.82) is 0 Å². The van der Waals surface area contributed by atoms with E-state index >= 15 is 0 Å². The minimum absolute atomic E-state index is 0.0263. The third kappa shape index (κ3) is 5.69.